The zero-order valence-corrected chi connectivity index (χ0v) is 14.3. The minimum absolute atomic E-state index is 0.236. The van der Waals surface area contributed by atoms with E-state index in [-0.39, 0.29) is 11.6 Å². The molecule has 128 valence electrons. The number of carbonyl (C=O) groups is 1. The third kappa shape index (κ3) is 4.58. The van der Waals surface area contributed by atoms with E-state index in [0.29, 0.717) is 28.9 Å². The van der Waals surface area contributed by atoms with E-state index >= 15 is 0 Å². The molecule has 2 rings (SSSR count). The second-order valence-electron chi connectivity index (χ2n) is 5.60. The van der Waals surface area contributed by atoms with Crippen molar-refractivity contribution in [2.75, 3.05) is 31.4 Å². The summed E-state index contributed by atoms with van der Waals surface area (Å²) in [5.41, 5.74) is 0.821. The lowest BCUT2D eigenvalue weighted by Crippen LogP contribution is -2.15. The SMILES string of the molecule is COc1ccc(NC(=O)c2ccc(NCC(C)C)nn2)cc1OC. The lowest BCUT2D eigenvalue weighted by Gasteiger charge is -2.10. The van der Waals surface area contributed by atoms with E-state index in [1.165, 1.54) is 7.11 Å². The van der Waals surface area contributed by atoms with Gasteiger partial charge in [0, 0.05) is 18.3 Å². The maximum Gasteiger partial charge on any atom is 0.276 e. The van der Waals surface area contributed by atoms with E-state index in [0.717, 1.165) is 6.54 Å². The fourth-order valence-electron chi connectivity index (χ4n) is 1.97. The molecule has 0 aliphatic carbocycles. The lowest BCUT2D eigenvalue weighted by atomic mass is 10.2. The molecule has 0 aliphatic rings. The van der Waals surface area contributed by atoms with E-state index in [1.807, 2.05) is 0 Å². The van der Waals surface area contributed by atoms with E-state index in [1.54, 1.807) is 37.4 Å². The average molecular weight is 330 g/mol. The van der Waals surface area contributed by atoms with Crippen molar-refractivity contribution in [3.8, 4) is 11.5 Å². The maximum absolute atomic E-state index is 12.2. The van der Waals surface area contributed by atoms with Crippen molar-refractivity contribution in [2.24, 2.45) is 5.92 Å². The standard InChI is InChI=1S/C17H22N4O3/c1-11(2)10-18-16-8-6-13(20-21-16)17(22)19-12-5-7-14(23-3)15(9-12)24-4/h5-9,11H,10H2,1-4H3,(H,18,21)(H,19,22). The molecule has 7 nitrogen and oxygen atoms in total. The van der Waals surface area contributed by atoms with Crippen molar-refractivity contribution >= 4 is 17.4 Å². The summed E-state index contributed by atoms with van der Waals surface area (Å²) in [7, 11) is 3.10. The van der Waals surface area contributed by atoms with Crippen LogP contribution in [0.2, 0.25) is 0 Å². The third-order valence-electron chi connectivity index (χ3n) is 3.23. The zero-order chi connectivity index (χ0) is 17.5. The molecule has 24 heavy (non-hydrogen) atoms. The van der Waals surface area contributed by atoms with Crippen LogP contribution in [0, 0.1) is 5.92 Å². The van der Waals surface area contributed by atoms with E-state index in [4.69, 9.17) is 9.47 Å². The largest absolute Gasteiger partial charge is 0.493 e. The number of aromatic nitrogens is 2. The second kappa shape index (κ2) is 8.14. The number of ether oxygens (including phenoxy) is 2. The molecule has 0 unspecified atom stereocenters. The second-order valence-corrected chi connectivity index (χ2v) is 5.60. The Morgan fingerprint density at radius 1 is 1.08 bits per heavy atom. The number of nitrogens with zero attached hydrogens (tertiary/aromatic N) is 2. The van der Waals surface area contributed by atoms with E-state index in [2.05, 4.69) is 34.7 Å². The summed E-state index contributed by atoms with van der Waals surface area (Å²) in [6.07, 6.45) is 0. The van der Waals surface area contributed by atoms with Gasteiger partial charge in [0.1, 0.15) is 5.82 Å². The Kier molecular flexibility index (Phi) is 5.95. The van der Waals surface area contributed by atoms with Crippen molar-refractivity contribution in [1.29, 1.82) is 0 Å². The van der Waals surface area contributed by atoms with E-state index in [9.17, 15) is 4.79 Å². The summed E-state index contributed by atoms with van der Waals surface area (Å²) in [6.45, 7) is 5.00. The topological polar surface area (TPSA) is 85.4 Å². The Balaban J connectivity index is 2.04. The number of benzene rings is 1. The first-order valence-corrected chi connectivity index (χ1v) is 7.64. The fourth-order valence-corrected chi connectivity index (χ4v) is 1.97. The Morgan fingerprint density at radius 3 is 2.42 bits per heavy atom. The van der Waals surface area contributed by atoms with Gasteiger partial charge in [0.15, 0.2) is 17.2 Å². The van der Waals surface area contributed by atoms with Crippen molar-refractivity contribution in [2.45, 2.75) is 13.8 Å². The molecule has 0 radical (unpaired) electrons. The van der Waals surface area contributed by atoms with Gasteiger partial charge in [-0.05, 0) is 30.2 Å². The van der Waals surface area contributed by atoms with Crippen molar-refractivity contribution in [1.82, 2.24) is 10.2 Å². The predicted molar refractivity (Wildman–Crippen MR) is 92.9 cm³/mol. The van der Waals surface area contributed by atoms with Crippen molar-refractivity contribution < 1.29 is 14.3 Å². The number of rotatable bonds is 7. The number of nitrogens with one attached hydrogen (secondary N) is 2. The Hall–Kier alpha value is -2.83. The summed E-state index contributed by atoms with van der Waals surface area (Å²) in [4.78, 5) is 12.2. The van der Waals surface area contributed by atoms with Crippen LogP contribution in [0.1, 0.15) is 24.3 Å². The number of hydrogen-bond donors (Lipinski definition) is 2. The van der Waals surface area contributed by atoms with Crippen LogP contribution in [-0.2, 0) is 0 Å². The maximum atomic E-state index is 12.2. The van der Waals surface area contributed by atoms with Gasteiger partial charge < -0.3 is 20.1 Å². The highest BCUT2D eigenvalue weighted by atomic mass is 16.5. The molecule has 1 aromatic heterocycles. The number of hydrogen-bond acceptors (Lipinski definition) is 6. The van der Waals surface area contributed by atoms with Gasteiger partial charge in [-0.25, -0.2) is 0 Å². The molecule has 2 N–H and O–H groups in total. The monoisotopic (exact) mass is 330 g/mol. The van der Waals surface area contributed by atoms with Gasteiger partial charge in [-0.2, -0.15) is 0 Å². The summed E-state index contributed by atoms with van der Waals surface area (Å²) in [5.74, 6) is 1.93. The van der Waals surface area contributed by atoms with Gasteiger partial charge in [-0.1, -0.05) is 13.8 Å². The molecule has 0 bridgehead atoms. The number of anilines is 2. The van der Waals surface area contributed by atoms with Crippen molar-refractivity contribution in [3.63, 3.8) is 0 Å². The predicted octanol–water partition coefficient (Wildman–Crippen LogP) is 2.81. The van der Waals surface area contributed by atoms with Crippen LogP contribution >= 0.6 is 0 Å². The highest BCUT2D eigenvalue weighted by Gasteiger charge is 2.11. The summed E-state index contributed by atoms with van der Waals surface area (Å²) in [5, 5.41) is 13.9. The Labute approximate surface area is 141 Å². The lowest BCUT2D eigenvalue weighted by molar-refractivity contribution is 0.102. The average Bonchev–Trinajstić information content (AvgIpc) is 2.60. The molecule has 0 saturated heterocycles. The van der Waals surface area contributed by atoms with Crippen LogP contribution in [-0.4, -0.2) is 36.9 Å². The van der Waals surface area contributed by atoms with E-state index < -0.39 is 0 Å². The van der Waals surface area contributed by atoms with Crippen LogP contribution in [0.25, 0.3) is 0 Å². The zero-order valence-electron chi connectivity index (χ0n) is 14.3. The van der Waals surface area contributed by atoms with Crippen LogP contribution < -0.4 is 20.1 Å². The quantitative estimate of drug-likeness (QED) is 0.812. The fraction of sp³-hybridized carbons (Fsp3) is 0.353. The molecule has 0 aliphatic heterocycles. The summed E-state index contributed by atoms with van der Waals surface area (Å²) >= 11 is 0. The number of methoxy groups -OCH3 is 2. The van der Waals surface area contributed by atoms with Gasteiger partial charge in [-0.3, -0.25) is 4.79 Å². The Bertz CT molecular complexity index is 687. The first kappa shape index (κ1) is 17.5. The highest BCUT2D eigenvalue weighted by Crippen LogP contribution is 2.29. The van der Waals surface area contributed by atoms with Gasteiger partial charge in [0.2, 0.25) is 0 Å². The smallest absolute Gasteiger partial charge is 0.276 e. The summed E-state index contributed by atoms with van der Waals surface area (Å²) in [6, 6.07) is 8.50. The molecular formula is C17H22N4O3. The summed E-state index contributed by atoms with van der Waals surface area (Å²) < 4.78 is 10.4. The first-order chi connectivity index (χ1) is 11.5. The highest BCUT2D eigenvalue weighted by molar-refractivity contribution is 6.02. The first-order valence-electron chi connectivity index (χ1n) is 7.64. The molecule has 0 atom stereocenters. The molecule has 2 aromatic rings. The van der Waals surface area contributed by atoms with Crippen LogP contribution in [0.15, 0.2) is 30.3 Å². The number of amides is 1. The van der Waals surface area contributed by atoms with Gasteiger partial charge in [-0.15, -0.1) is 10.2 Å². The molecule has 1 heterocycles. The molecular weight excluding hydrogens is 308 g/mol. The third-order valence-corrected chi connectivity index (χ3v) is 3.23. The van der Waals surface area contributed by atoms with Crippen LogP contribution in [0.5, 0.6) is 11.5 Å². The normalized spacial score (nSPS) is 10.4. The minimum atomic E-state index is -0.342. The molecule has 1 aromatic carbocycles. The van der Waals surface area contributed by atoms with Crippen molar-refractivity contribution in [3.05, 3.63) is 36.0 Å². The molecule has 7 heteroatoms. The molecule has 1 amide bonds. The minimum Gasteiger partial charge on any atom is -0.493 e. The molecule has 0 saturated carbocycles. The number of carbonyl (C=O) groups excluding carboxylic acids is 1. The van der Waals surface area contributed by atoms with Crippen LogP contribution in [0.4, 0.5) is 11.5 Å². The van der Waals surface area contributed by atoms with Gasteiger partial charge in [0.05, 0.1) is 14.2 Å². The molecule has 0 fully saturated rings. The van der Waals surface area contributed by atoms with Gasteiger partial charge in [0.25, 0.3) is 5.91 Å². The Morgan fingerprint density at radius 2 is 1.83 bits per heavy atom. The van der Waals surface area contributed by atoms with Crippen LogP contribution in [0.3, 0.4) is 0 Å². The van der Waals surface area contributed by atoms with Gasteiger partial charge >= 0.3 is 0 Å². The molecule has 0 spiro atoms.